The molecule has 1 aliphatic heterocycles. The number of likely N-dealkylation sites (tertiary alicyclic amines) is 1. The predicted octanol–water partition coefficient (Wildman–Crippen LogP) is 2.75. The van der Waals surface area contributed by atoms with Gasteiger partial charge in [-0.25, -0.2) is 4.79 Å². The van der Waals surface area contributed by atoms with Gasteiger partial charge in [-0.15, -0.1) is 0 Å². The van der Waals surface area contributed by atoms with Gasteiger partial charge >= 0.3 is 12.3 Å². The molecule has 0 atom stereocenters. The monoisotopic (exact) mass is 366 g/mol. The van der Waals surface area contributed by atoms with Gasteiger partial charge in [0.1, 0.15) is 5.60 Å². The van der Waals surface area contributed by atoms with Gasteiger partial charge in [0, 0.05) is 33.2 Å². The van der Waals surface area contributed by atoms with Crippen molar-refractivity contribution in [3.05, 3.63) is 0 Å². The number of aliphatic imine (C=N–C) groups is 1. The van der Waals surface area contributed by atoms with Gasteiger partial charge in [0.05, 0.1) is 6.42 Å². The maximum atomic E-state index is 12.1. The number of ether oxygens (including phenoxy) is 1. The molecule has 0 saturated carbocycles. The lowest BCUT2D eigenvalue weighted by Gasteiger charge is -2.33. The lowest BCUT2D eigenvalue weighted by Crippen LogP contribution is -2.45. The van der Waals surface area contributed by atoms with Crippen molar-refractivity contribution in [2.45, 2.75) is 51.8 Å². The highest BCUT2D eigenvalue weighted by atomic mass is 19.4. The summed E-state index contributed by atoms with van der Waals surface area (Å²) in [6, 6.07) is 0. The van der Waals surface area contributed by atoms with Crippen molar-refractivity contribution in [2.75, 3.05) is 33.2 Å². The molecule has 0 aromatic rings. The minimum Gasteiger partial charge on any atom is -0.444 e. The summed E-state index contributed by atoms with van der Waals surface area (Å²) in [4.78, 5) is 17.6. The molecule has 0 aromatic carbocycles. The van der Waals surface area contributed by atoms with Crippen LogP contribution < -0.4 is 10.6 Å². The molecule has 6 nitrogen and oxygen atoms in total. The van der Waals surface area contributed by atoms with Crippen molar-refractivity contribution >= 4 is 12.1 Å². The Morgan fingerprint density at radius 3 is 2.28 bits per heavy atom. The molecule has 0 aliphatic carbocycles. The average Bonchev–Trinajstić information content (AvgIpc) is 2.48. The summed E-state index contributed by atoms with van der Waals surface area (Å²) in [6.07, 6.45) is -3.76. The number of carbonyl (C=O) groups is 1. The highest BCUT2D eigenvalue weighted by Gasteiger charge is 2.28. The molecule has 0 unspecified atom stereocenters. The third kappa shape index (κ3) is 9.40. The van der Waals surface area contributed by atoms with Crippen molar-refractivity contribution in [3.63, 3.8) is 0 Å². The summed E-state index contributed by atoms with van der Waals surface area (Å²) in [5.74, 6) is 0.693. The van der Waals surface area contributed by atoms with Crippen LogP contribution in [0.15, 0.2) is 4.99 Å². The van der Waals surface area contributed by atoms with Crippen molar-refractivity contribution < 1.29 is 22.7 Å². The molecule has 0 aromatic heterocycles. The van der Waals surface area contributed by atoms with Crippen LogP contribution in [-0.2, 0) is 4.74 Å². The van der Waals surface area contributed by atoms with Crippen molar-refractivity contribution in [2.24, 2.45) is 10.9 Å². The third-order valence-electron chi connectivity index (χ3n) is 3.75. The summed E-state index contributed by atoms with van der Waals surface area (Å²) in [5.41, 5.74) is -0.510. The van der Waals surface area contributed by atoms with E-state index in [9.17, 15) is 18.0 Å². The van der Waals surface area contributed by atoms with E-state index < -0.39 is 18.2 Å². The molecule has 1 amide bonds. The fraction of sp³-hybridized carbons (Fsp3) is 0.875. The molecule has 1 heterocycles. The normalized spacial score (nSPS) is 17.4. The summed E-state index contributed by atoms with van der Waals surface area (Å²) in [5, 5.41) is 5.70. The molecular formula is C16H29F3N4O2. The number of hydrogen-bond donors (Lipinski definition) is 2. The van der Waals surface area contributed by atoms with Crippen LogP contribution in [0.4, 0.5) is 18.0 Å². The van der Waals surface area contributed by atoms with Crippen LogP contribution in [0.25, 0.3) is 0 Å². The average molecular weight is 366 g/mol. The minimum atomic E-state index is -4.18. The number of alkyl halides is 3. The topological polar surface area (TPSA) is 66.0 Å². The molecule has 1 aliphatic rings. The number of carbonyl (C=O) groups excluding carboxylic acids is 1. The fourth-order valence-corrected chi connectivity index (χ4v) is 2.43. The lowest BCUT2D eigenvalue weighted by molar-refractivity contribution is -0.132. The van der Waals surface area contributed by atoms with E-state index in [0.29, 0.717) is 31.5 Å². The number of guanidine groups is 1. The van der Waals surface area contributed by atoms with Crippen LogP contribution in [0.2, 0.25) is 0 Å². The summed E-state index contributed by atoms with van der Waals surface area (Å²) < 4.78 is 41.8. The molecule has 25 heavy (non-hydrogen) atoms. The minimum absolute atomic E-state index is 0.208. The van der Waals surface area contributed by atoms with Crippen molar-refractivity contribution in [3.8, 4) is 0 Å². The fourth-order valence-electron chi connectivity index (χ4n) is 2.43. The van der Waals surface area contributed by atoms with Gasteiger partial charge in [0.2, 0.25) is 0 Å². The molecule has 0 spiro atoms. The number of hydrogen-bond acceptors (Lipinski definition) is 3. The second-order valence-corrected chi connectivity index (χ2v) is 7.16. The Labute approximate surface area is 147 Å². The highest BCUT2D eigenvalue weighted by molar-refractivity contribution is 5.79. The van der Waals surface area contributed by atoms with Gasteiger partial charge in [-0.2, -0.15) is 13.2 Å². The Kier molecular flexibility index (Phi) is 7.82. The molecule has 1 fully saturated rings. The highest BCUT2D eigenvalue weighted by Crippen LogP contribution is 2.19. The SMILES string of the molecule is CN=C(NCCC(F)(F)F)NCC1CCN(C(=O)OC(C)(C)C)CC1. The molecule has 1 rings (SSSR count). The zero-order chi connectivity index (χ0) is 19.1. The standard InChI is InChI=1S/C16H29F3N4O2/c1-15(2,3)25-14(24)23-9-5-12(6-10-23)11-22-13(20-4)21-8-7-16(17,18)19/h12H,5-11H2,1-4H3,(H2,20,21,22). The first kappa shape index (κ1) is 21.4. The number of piperidine rings is 1. The molecule has 0 bridgehead atoms. The molecule has 2 N–H and O–H groups in total. The van der Waals surface area contributed by atoms with Crippen LogP contribution in [0.1, 0.15) is 40.0 Å². The number of nitrogens with one attached hydrogen (secondary N) is 2. The largest absolute Gasteiger partial charge is 0.444 e. The summed E-state index contributed by atoms with van der Waals surface area (Å²) in [6.45, 7) is 7.12. The second-order valence-electron chi connectivity index (χ2n) is 7.16. The first-order chi connectivity index (χ1) is 11.5. The van der Waals surface area contributed by atoms with Crippen LogP contribution >= 0.6 is 0 Å². The third-order valence-corrected chi connectivity index (χ3v) is 3.75. The van der Waals surface area contributed by atoms with Gasteiger partial charge in [-0.05, 0) is 39.5 Å². The van der Waals surface area contributed by atoms with E-state index in [1.54, 1.807) is 4.90 Å². The van der Waals surface area contributed by atoms with Crippen LogP contribution in [0, 0.1) is 5.92 Å². The van der Waals surface area contributed by atoms with Gasteiger partial charge < -0.3 is 20.3 Å². The summed E-state index contributed by atoms with van der Waals surface area (Å²) in [7, 11) is 1.52. The number of halogens is 3. The van der Waals surface area contributed by atoms with Gasteiger partial charge in [-0.1, -0.05) is 0 Å². The van der Waals surface area contributed by atoms with Crippen LogP contribution in [0.5, 0.6) is 0 Å². The van der Waals surface area contributed by atoms with E-state index in [2.05, 4.69) is 15.6 Å². The Balaban J connectivity index is 2.28. The zero-order valence-electron chi connectivity index (χ0n) is 15.4. The first-order valence-corrected chi connectivity index (χ1v) is 8.49. The molecule has 0 radical (unpaired) electrons. The number of rotatable bonds is 4. The zero-order valence-corrected chi connectivity index (χ0v) is 15.4. The lowest BCUT2D eigenvalue weighted by atomic mass is 9.97. The Bertz CT molecular complexity index is 453. The number of amides is 1. The molecule has 1 saturated heterocycles. The van der Waals surface area contributed by atoms with Crippen molar-refractivity contribution in [1.29, 1.82) is 0 Å². The van der Waals surface area contributed by atoms with Crippen LogP contribution in [-0.4, -0.2) is 62.0 Å². The molecular weight excluding hydrogens is 337 g/mol. The van der Waals surface area contributed by atoms with Gasteiger partial charge in [0.15, 0.2) is 5.96 Å². The maximum Gasteiger partial charge on any atom is 0.410 e. The Morgan fingerprint density at radius 2 is 1.80 bits per heavy atom. The van der Waals surface area contributed by atoms with E-state index in [0.717, 1.165) is 12.8 Å². The summed E-state index contributed by atoms with van der Waals surface area (Å²) >= 11 is 0. The van der Waals surface area contributed by atoms with E-state index in [4.69, 9.17) is 4.74 Å². The Hall–Kier alpha value is -1.67. The maximum absolute atomic E-state index is 12.1. The van der Waals surface area contributed by atoms with Gasteiger partial charge in [0.25, 0.3) is 0 Å². The Morgan fingerprint density at radius 1 is 1.20 bits per heavy atom. The van der Waals surface area contributed by atoms with E-state index in [-0.39, 0.29) is 12.6 Å². The van der Waals surface area contributed by atoms with E-state index in [1.807, 2.05) is 20.8 Å². The second kappa shape index (κ2) is 9.15. The first-order valence-electron chi connectivity index (χ1n) is 8.49. The van der Waals surface area contributed by atoms with Crippen LogP contribution in [0.3, 0.4) is 0 Å². The van der Waals surface area contributed by atoms with Gasteiger partial charge in [-0.3, -0.25) is 4.99 Å². The van der Waals surface area contributed by atoms with E-state index in [1.165, 1.54) is 7.05 Å². The van der Waals surface area contributed by atoms with Crippen molar-refractivity contribution in [1.82, 2.24) is 15.5 Å². The smallest absolute Gasteiger partial charge is 0.410 e. The predicted molar refractivity (Wildman–Crippen MR) is 90.6 cm³/mol. The molecule has 146 valence electrons. The number of nitrogens with zero attached hydrogens (tertiary/aromatic N) is 2. The molecule has 9 heteroatoms. The van der Waals surface area contributed by atoms with E-state index >= 15 is 0 Å². The quantitative estimate of drug-likeness (QED) is 0.593.